The molecule has 2 nitrogen and oxygen atoms in total. The lowest BCUT2D eigenvalue weighted by molar-refractivity contribution is -0.192. The quantitative estimate of drug-likeness (QED) is 0.802. The Morgan fingerprint density at radius 2 is 1.90 bits per heavy atom. The van der Waals surface area contributed by atoms with Crippen molar-refractivity contribution in [2.75, 3.05) is 6.54 Å². The van der Waals surface area contributed by atoms with Gasteiger partial charge in [0.15, 0.2) is 0 Å². The van der Waals surface area contributed by atoms with E-state index in [0.29, 0.717) is 18.9 Å². The molecule has 0 aromatic heterocycles. The molecule has 20 heavy (non-hydrogen) atoms. The minimum atomic E-state index is -4.03. The summed E-state index contributed by atoms with van der Waals surface area (Å²) in [5, 5.41) is 3.10. The van der Waals surface area contributed by atoms with E-state index >= 15 is 0 Å². The lowest BCUT2D eigenvalue weighted by Gasteiger charge is -2.36. The molecule has 1 heterocycles. The minimum absolute atomic E-state index is 0.0655. The fourth-order valence-corrected chi connectivity index (χ4v) is 3.66. The van der Waals surface area contributed by atoms with Crippen molar-refractivity contribution in [3.63, 3.8) is 0 Å². The zero-order chi connectivity index (χ0) is 15.0. The van der Waals surface area contributed by atoms with E-state index in [1.807, 2.05) is 0 Å². The van der Waals surface area contributed by atoms with E-state index < -0.39 is 11.6 Å². The normalized spacial score (nSPS) is 29.7. The van der Waals surface area contributed by atoms with E-state index in [-0.39, 0.29) is 18.5 Å². The molecule has 2 atom stereocenters. The van der Waals surface area contributed by atoms with Gasteiger partial charge in [-0.05, 0) is 52.2 Å². The Balaban J connectivity index is 2.03. The predicted octanol–water partition coefficient (Wildman–Crippen LogP) is 3.69. The average molecular weight is 290 g/mol. The summed E-state index contributed by atoms with van der Waals surface area (Å²) in [4.78, 5) is 2.28. The van der Waals surface area contributed by atoms with Gasteiger partial charge in [0.1, 0.15) is 0 Å². The molecule has 0 spiro atoms. The van der Waals surface area contributed by atoms with Crippen LogP contribution in [0.1, 0.15) is 46.0 Å². The monoisotopic (exact) mass is 290 g/mol. The van der Waals surface area contributed by atoms with Crippen LogP contribution >= 0.6 is 0 Å². The first-order chi connectivity index (χ1) is 9.31. The Kier molecular flexibility index (Phi) is 4.38. The largest absolute Gasteiger partial charge is 0.394 e. The summed E-state index contributed by atoms with van der Waals surface area (Å²) in [6.07, 6.45) is 0.371. The van der Waals surface area contributed by atoms with Crippen LogP contribution in [0.25, 0.3) is 0 Å². The average Bonchev–Trinajstić information content (AvgIpc) is 3.01. The Hall–Kier alpha value is -0.710. The maximum absolute atomic E-state index is 13.1. The topological polar surface area (TPSA) is 15.3 Å². The van der Waals surface area contributed by atoms with Crippen LogP contribution in [-0.4, -0.2) is 35.7 Å². The highest BCUT2D eigenvalue weighted by molar-refractivity contribution is 5.04. The van der Waals surface area contributed by atoms with Crippen molar-refractivity contribution in [3.05, 3.63) is 12.8 Å². The number of nitrogens with zero attached hydrogens (tertiary/aromatic N) is 1. The first kappa shape index (κ1) is 15.7. The zero-order valence-corrected chi connectivity index (χ0v) is 12.3. The SMILES string of the molecule is C=CNCC1CCC(CC2(C(F)(F)F)CC2)N1C(C)C. The molecule has 0 amide bonds. The molecule has 5 heteroatoms. The number of likely N-dealkylation sites (tertiary alicyclic amines) is 1. The molecule has 2 unspecified atom stereocenters. The van der Waals surface area contributed by atoms with Crippen molar-refractivity contribution < 1.29 is 13.2 Å². The van der Waals surface area contributed by atoms with Gasteiger partial charge < -0.3 is 5.32 Å². The first-order valence-corrected chi connectivity index (χ1v) is 7.49. The van der Waals surface area contributed by atoms with Crippen molar-refractivity contribution in [2.24, 2.45) is 5.41 Å². The van der Waals surface area contributed by atoms with Crippen molar-refractivity contribution in [2.45, 2.75) is 70.3 Å². The summed E-state index contributed by atoms with van der Waals surface area (Å²) in [6.45, 7) is 8.56. The van der Waals surface area contributed by atoms with E-state index in [1.165, 1.54) is 0 Å². The summed E-state index contributed by atoms with van der Waals surface area (Å²) in [7, 11) is 0. The maximum atomic E-state index is 13.1. The second-order valence-corrected chi connectivity index (χ2v) is 6.52. The van der Waals surface area contributed by atoms with Gasteiger partial charge in [0.05, 0.1) is 5.41 Å². The van der Waals surface area contributed by atoms with Crippen molar-refractivity contribution in [3.8, 4) is 0 Å². The molecule has 1 aliphatic heterocycles. The van der Waals surface area contributed by atoms with E-state index in [0.717, 1.165) is 19.4 Å². The molecule has 2 rings (SSSR count). The lowest BCUT2D eigenvalue weighted by atomic mass is 9.94. The maximum Gasteiger partial charge on any atom is 0.394 e. The van der Waals surface area contributed by atoms with E-state index in [9.17, 15) is 13.2 Å². The molecule has 2 aliphatic rings. The van der Waals surface area contributed by atoms with Crippen LogP contribution in [0.15, 0.2) is 12.8 Å². The summed E-state index contributed by atoms with van der Waals surface area (Å²) >= 11 is 0. The molecule has 0 aromatic rings. The van der Waals surface area contributed by atoms with Crippen LogP contribution in [0, 0.1) is 5.41 Å². The van der Waals surface area contributed by atoms with E-state index in [4.69, 9.17) is 0 Å². The minimum Gasteiger partial charge on any atom is -0.390 e. The molecule has 0 aromatic carbocycles. The molecule has 1 aliphatic carbocycles. The second kappa shape index (κ2) is 5.58. The highest BCUT2D eigenvalue weighted by atomic mass is 19.4. The van der Waals surface area contributed by atoms with Gasteiger partial charge in [0, 0.05) is 24.7 Å². The van der Waals surface area contributed by atoms with Gasteiger partial charge >= 0.3 is 6.18 Å². The number of hydrogen-bond donors (Lipinski definition) is 1. The van der Waals surface area contributed by atoms with Gasteiger partial charge in [-0.2, -0.15) is 13.2 Å². The van der Waals surface area contributed by atoms with Gasteiger partial charge in [-0.15, -0.1) is 0 Å². The molecule has 1 saturated heterocycles. The molecule has 1 saturated carbocycles. The third-order valence-electron chi connectivity index (χ3n) is 4.85. The lowest BCUT2D eigenvalue weighted by Crippen LogP contribution is -2.46. The highest BCUT2D eigenvalue weighted by Crippen LogP contribution is 2.61. The standard InChI is InChI=1S/C15H25F3N2/c1-4-19-10-13-6-5-12(20(13)11(2)3)9-14(7-8-14)15(16,17)18/h4,11-13,19H,1,5-10H2,2-3H3. The predicted molar refractivity (Wildman–Crippen MR) is 74.3 cm³/mol. The zero-order valence-electron chi connectivity index (χ0n) is 12.3. The van der Waals surface area contributed by atoms with Gasteiger partial charge in [-0.1, -0.05) is 6.58 Å². The van der Waals surface area contributed by atoms with Crippen LogP contribution in [0.5, 0.6) is 0 Å². The molecule has 116 valence electrons. The van der Waals surface area contributed by atoms with Crippen LogP contribution in [0.4, 0.5) is 13.2 Å². The fraction of sp³-hybridized carbons (Fsp3) is 0.867. The Bertz CT molecular complexity index is 348. The van der Waals surface area contributed by atoms with Gasteiger partial charge in [0.25, 0.3) is 0 Å². The third kappa shape index (κ3) is 2.97. The third-order valence-corrected chi connectivity index (χ3v) is 4.85. The van der Waals surface area contributed by atoms with Gasteiger partial charge in [0.2, 0.25) is 0 Å². The molecular weight excluding hydrogens is 265 g/mol. The van der Waals surface area contributed by atoms with Crippen LogP contribution in [0.3, 0.4) is 0 Å². The second-order valence-electron chi connectivity index (χ2n) is 6.52. The van der Waals surface area contributed by atoms with Crippen LogP contribution in [0.2, 0.25) is 0 Å². The Morgan fingerprint density at radius 3 is 2.35 bits per heavy atom. The summed E-state index contributed by atoms with van der Waals surface area (Å²) in [5.41, 5.74) is -1.38. The van der Waals surface area contributed by atoms with Crippen LogP contribution in [-0.2, 0) is 0 Å². The summed E-state index contributed by atoms with van der Waals surface area (Å²) in [5.74, 6) is 0. The van der Waals surface area contributed by atoms with Gasteiger partial charge in [-0.3, -0.25) is 4.90 Å². The van der Waals surface area contributed by atoms with Crippen molar-refractivity contribution in [1.82, 2.24) is 10.2 Å². The fourth-order valence-electron chi connectivity index (χ4n) is 3.66. The van der Waals surface area contributed by atoms with E-state index in [1.54, 1.807) is 6.20 Å². The van der Waals surface area contributed by atoms with Crippen molar-refractivity contribution in [1.29, 1.82) is 0 Å². The highest BCUT2D eigenvalue weighted by Gasteiger charge is 2.64. The smallest absolute Gasteiger partial charge is 0.390 e. The number of halogens is 3. The summed E-state index contributed by atoms with van der Waals surface area (Å²) in [6, 6.07) is 0.668. The summed E-state index contributed by atoms with van der Waals surface area (Å²) < 4.78 is 39.4. The first-order valence-electron chi connectivity index (χ1n) is 7.49. The molecule has 0 bridgehead atoms. The van der Waals surface area contributed by atoms with E-state index in [2.05, 4.69) is 30.6 Å². The molecular formula is C15H25F3N2. The van der Waals surface area contributed by atoms with Gasteiger partial charge in [-0.25, -0.2) is 0 Å². The van der Waals surface area contributed by atoms with Crippen molar-refractivity contribution >= 4 is 0 Å². The van der Waals surface area contributed by atoms with Crippen LogP contribution < -0.4 is 5.32 Å². The number of hydrogen-bond acceptors (Lipinski definition) is 2. The number of rotatable bonds is 6. The Morgan fingerprint density at radius 1 is 1.30 bits per heavy atom. The number of alkyl halides is 3. The molecule has 2 fully saturated rings. The molecule has 1 N–H and O–H groups in total. The Labute approximate surface area is 119 Å². The molecule has 0 radical (unpaired) electrons. The number of nitrogens with one attached hydrogen (secondary N) is 1.